The summed E-state index contributed by atoms with van der Waals surface area (Å²) < 4.78 is 74.4. The molecule has 1 unspecified atom stereocenters. The zero-order valence-electron chi connectivity index (χ0n) is 13.8. The zero-order valence-corrected chi connectivity index (χ0v) is 14.6. The Kier molecular flexibility index (Phi) is 5.52. The fourth-order valence-corrected chi connectivity index (χ4v) is 3.94. The van der Waals surface area contributed by atoms with Crippen LogP contribution < -0.4 is 4.74 Å². The summed E-state index contributed by atoms with van der Waals surface area (Å²) in [6.45, 7) is 3.72. The normalized spacial score (nSPS) is 17.3. The highest BCUT2D eigenvalue weighted by Gasteiger charge is 2.48. The summed E-state index contributed by atoms with van der Waals surface area (Å²) in [5.74, 6) is -1.22. The second-order valence-corrected chi connectivity index (χ2v) is 7.18. The van der Waals surface area contributed by atoms with Crippen LogP contribution in [0.3, 0.4) is 0 Å². The molecule has 0 saturated carbocycles. The number of carboxylic acid groups (broad SMARTS) is 1. The maximum atomic E-state index is 13.1. The number of sulfonamides is 1. The first-order chi connectivity index (χ1) is 12.0. The first kappa shape index (κ1) is 20.0. The van der Waals surface area contributed by atoms with Crippen LogP contribution in [0.15, 0.2) is 28.9 Å². The standard InChI is InChI=1S/C15H16F3NO6S/c1-3-19(4-2)26(22,23)10-5-6-11-9(7-10)8-12(25-14(20)21)13(24-11)15(16,17)18/h5-8,13H,3-4H2,1-2H3,(H,20,21). The number of halogens is 3. The van der Waals surface area contributed by atoms with Gasteiger partial charge >= 0.3 is 12.3 Å². The number of fused-ring (bicyclic) bond motifs is 1. The Morgan fingerprint density at radius 1 is 1.31 bits per heavy atom. The van der Waals surface area contributed by atoms with Crippen molar-refractivity contribution in [1.29, 1.82) is 0 Å². The predicted molar refractivity (Wildman–Crippen MR) is 84.1 cm³/mol. The van der Waals surface area contributed by atoms with Crippen molar-refractivity contribution < 1.29 is 41.0 Å². The van der Waals surface area contributed by atoms with Crippen molar-refractivity contribution in [2.45, 2.75) is 31.0 Å². The summed E-state index contributed by atoms with van der Waals surface area (Å²) in [6, 6.07) is 3.34. The van der Waals surface area contributed by atoms with Crippen LogP contribution in [-0.2, 0) is 14.8 Å². The van der Waals surface area contributed by atoms with Gasteiger partial charge in [-0.3, -0.25) is 0 Å². The van der Waals surface area contributed by atoms with Gasteiger partial charge in [-0.1, -0.05) is 13.8 Å². The molecule has 0 spiro atoms. The van der Waals surface area contributed by atoms with E-state index in [1.165, 1.54) is 4.31 Å². The average Bonchev–Trinajstić information content (AvgIpc) is 2.53. The van der Waals surface area contributed by atoms with E-state index in [0.29, 0.717) is 0 Å². The maximum absolute atomic E-state index is 13.1. The van der Waals surface area contributed by atoms with Gasteiger partial charge < -0.3 is 14.6 Å². The Morgan fingerprint density at radius 3 is 2.42 bits per heavy atom. The van der Waals surface area contributed by atoms with Crippen molar-refractivity contribution in [3.63, 3.8) is 0 Å². The average molecular weight is 395 g/mol. The Balaban J connectivity index is 2.52. The Morgan fingerprint density at radius 2 is 1.92 bits per heavy atom. The van der Waals surface area contributed by atoms with E-state index >= 15 is 0 Å². The molecule has 2 rings (SSSR count). The van der Waals surface area contributed by atoms with Crippen LogP contribution in [0.4, 0.5) is 18.0 Å². The Bertz CT molecular complexity index is 830. The fourth-order valence-electron chi connectivity index (χ4n) is 2.45. The van der Waals surface area contributed by atoms with Crippen LogP contribution in [-0.4, -0.2) is 49.4 Å². The molecular formula is C15H16F3NO6S. The molecule has 1 atom stereocenters. The molecule has 7 nitrogen and oxygen atoms in total. The Hall–Kier alpha value is -2.27. The molecule has 0 bridgehead atoms. The highest BCUT2D eigenvalue weighted by atomic mass is 32.2. The molecule has 0 fully saturated rings. The monoisotopic (exact) mass is 395 g/mol. The Labute approximate surface area is 147 Å². The van der Waals surface area contributed by atoms with E-state index in [9.17, 15) is 26.4 Å². The summed E-state index contributed by atoms with van der Waals surface area (Å²) >= 11 is 0. The first-order valence-electron chi connectivity index (χ1n) is 7.50. The quantitative estimate of drug-likeness (QED) is 0.771. The van der Waals surface area contributed by atoms with E-state index in [0.717, 1.165) is 24.3 Å². The molecule has 0 aromatic heterocycles. The van der Waals surface area contributed by atoms with Crippen LogP contribution in [0.2, 0.25) is 0 Å². The summed E-state index contributed by atoms with van der Waals surface area (Å²) in [6.07, 6.45) is -8.64. The van der Waals surface area contributed by atoms with Gasteiger partial charge in [-0.15, -0.1) is 0 Å². The number of nitrogens with zero attached hydrogens (tertiary/aromatic N) is 1. The molecule has 1 aliphatic heterocycles. The van der Waals surface area contributed by atoms with E-state index in [4.69, 9.17) is 9.84 Å². The van der Waals surface area contributed by atoms with Crippen molar-refractivity contribution in [1.82, 2.24) is 4.31 Å². The molecule has 11 heteroatoms. The SMILES string of the molecule is CCN(CC)S(=O)(=O)c1ccc2c(c1)C=C(OC(=O)O)C(C(F)(F)F)O2. The van der Waals surface area contributed by atoms with Crippen molar-refractivity contribution in [3.05, 3.63) is 29.5 Å². The molecule has 1 heterocycles. The molecule has 0 amide bonds. The van der Waals surface area contributed by atoms with Crippen molar-refractivity contribution in [2.24, 2.45) is 0 Å². The summed E-state index contributed by atoms with van der Waals surface area (Å²) in [7, 11) is -3.85. The van der Waals surface area contributed by atoms with Gasteiger partial charge in [0.25, 0.3) is 6.10 Å². The molecule has 0 saturated heterocycles. The second-order valence-electron chi connectivity index (χ2n) is 5.24. The van der Waals surface area contributed by atoms with Gasteiger partial charge in [-0.05, 0) is 24.3 Å². The lowest BCUT2D eigenvalue weighted by Gasteiger charge is -2.28. The van der Waals surface area contributed by atoms with E-state index < -0.39 is 34.2 Å². The van der Waals surface area contributed by atoms with Crippen molar-refractivity contribution in [3.8, 4) is 5.75 Å². The third kappa shape index (κ3) is 3.93. The second kappa shape index (κ2) is 7.16. The zero-order chi connectivity index (χ0) is 19.7. The lowest BCUT2D eigenvalue weighted by molar-refractivity contribution is -0.191. The molecule has 1 aromatic carbocycles. The minimum absolute atomic E-state index is 0.0324. The molecular weight excluding hydrogens is 379 g/mol. The number of alkyl halides is 3. The smallest absolute Gasteiger partial charge is 0.472 e. The molecule has 1 N–H and O–H groups in total. The van der Waals surface area contributed by atoms with Gasteiger partial charge in [0.05, 0.1) is 4.90 Å². The lowest BCUT2D eigenvalue weighted by Crippen LogP contribution is -2.39. The molecule has 0 aliphatic carbocycles. The van der Waals surface area contributed by atoms with E-state index in [-0.39, 0.29) is 29.3 Å². The van der Waals surface area contributed by atoms with E-state index in [1.807, 2.05) is 0 Å². The number of ether oxygens (including phenoxy) is 2. The number of carbonyl (C=O) groups is 1. The predicted octanol–water partition coefficient (Wildman–Crippen LogP) is 3.08. The van der Waals surface area contributed by atoms with E-state index in [2.05, 4.69) is 4.74 Å². The summed E-state index contributed by atoms with van der Waals surface area (Å²) in [5.41, 5.74) is -0.0324. The number of rotatable bonds is 5. The molecule has 0 radical (unpaired) electrons. The minimum atomic E-state index is -4.91. The van der Waals surface area contributed by atoms with Crippen LogP contribution in [0.1, 0.15) is 19.4 Å². The summed E-state index contributed by atoms with van der Waals surface area (Å²) in [5, 5.41) is 8.63. The van der Waals surface area contributed by atoms with Crippen molar-refractivity contribution >= 4 is 22.3 Å². The van der Waals surface area contributed by atoms with Crippen molar-refractivity contribution in [2.75, 3.05) is 13.1 Å². The van der Waals surface area contributed by atoms with Gasteiger partial charge in [-0.25, -0.2) is 13.2 Å². The highest BCUT2D eigenvalue weighted by Crippen LogP contribution is 2.38. The van der Waals surface area contributed by atoms with Crippen LogP contribution in [0.25, 0.3) is 6.08 Å². The third-order valence-electron chi connectivity index (χ3n) is 3.63. The highest BCUT2D eigenvalue weighted by molar-refractivity contribution is 7.89. The minimum Gasteiger partial charge on any atom is -0.472 e. The van der Waals surface area contributed by atoms with Crippen LogP contribution in [0.5, 0.6) is 5.75 Å². The lowest BCUT2D eigenvalue weighted by atomic mass is 10.1. The summed E-state index contributed by atoms with van der Waals surface area (Å²) in [4.78, 5) is 10.5. The molecule has 144 valence electrons. The number of benzene rings is 1. The van der Waals surface area contributed by atoms with Crippen LogP contribution in [0, 0.1) is 0 Å². The maximum Gasteiger partial charge on any atom is 0.511 e. The first-order valence-corrected chi connectivity index (χ1v) is 8.94. The van der Waals surface area contributed by atoms with Gasteiger partial charge in [0.15, 0.2) is 5.76 Å². The topological polar surface area (TPSA) is 93.1 Å². The number of hydrogen-bond acceptors (Lipinski definition) is 5. The van der Waals surface area contributed by atoms with E-state index in [1.54, 1.807) is 13.8 Å². The molecule has 1 aliphatic rings. The van der Waals surface area contributed by atoms with Gasteiger partial charge in [0.2, 0.25) is 10.0 Å². The third-order valence-corrected chi connectivity index (χ3v) is 5.67. The molecule has 26 heavy (non-hydrogen) atoms. The number of hydrogen-bond donors (Lipinski definition) is 1. The fraction of sp³-hybridized carbons (Fsp3) is 0.400. The largest absolute Gasteiger partial charge is 0.511 e. The van der Waals surface area contributed by atoms with Gasteiger partial charge in [0, 0.05) is 18.7 Å². The van der Waals surface area contributed by atoms with Gasteiger partial charge in [-0.2, -0.15) is 17.5 Å². The van der Waals surface area contributed by atoms with Gasteiger partial charge in [0.1, 0.15) is 5.75 Å². The van der Waals surface area contributed by atoms with Crippen LogP contribution >= 0.6 is 0 Å². The molecule has 1 aromatic rings.